The predicted molar refractivity (Wildman–Crippen MR) is 58.2 cm³/mol. The Morgan fingerprint density at radius 3 is 3.00 bits per heavy atom. The highest BCUT2D eigenvalue weighted by Crippen LogP contribution is 2.14. The molecule has 0 aliphatic rings. The van der Waals surface area contributed by atoms with Gasteiger partial charge in [0.05, 0.1) is 12.6 Å². The second-order valence-corrected chi connectivity index (χ2v) is 3.22. The van der Waals surface area contributed by atoms with Crippen LogP contribution in [0, 0.1) is 10.1 Å². The van der Waals surface area contributed by atoms with Crippen molar-refractivity contribution < 1.29 is 14.1 Å². The van der Waals surface area contributed by atoms with Crippen LogP contribution in [0.15, 0.2) is 16.5 Å². The van der Waals surface area contributed by atoms with E-state index >= 15 is 0 Å². The monoisotopic (exact) mass is 228 g/mol. The average molecular weight is 228 g/mol. The fraction of sp³-hybridized carbons (Fsp3) is 0.600. The van der Waals surface area contributed by atoms with E-state index in [2.05, 4.69) is 5.32 Å². The third-order valence-corrected chi connectivity index (χ3v) is 1.97. The number of ether oxygens (including phenoxy) is 1. The first-order chi connectivity index (χ1) is 7.74. The second kappa shape index (κ2) is 6.97. The first-order valence-electron chi connectivity index (χ1n) is 5.25. The number of furan rings is 1. The van der Waals surface area contributed by atoms with Crippen LogP contribution in [0.4, 0.5) is 5.88 Å². The summed E-state index contributed by atoms with van der Waals surface area (Å²) in [5, 5.41) is 13.5. The predicted octanol–water partition coefficient (Wildman–Crippen LogP) is 1.70. The Kier molecular flexibility index (Phi) is 5.52. The quantitative estimate of drug-likeness (QED) is 0.416. The molecule has 16 heavy (non-hydrogen) atoms. The lowest BCUT2D eigenvalue weighted by molar-refractivity contribution is -0.402. The lowest BCUT2D eigenvalue weighted by Gasteiger charge is -2.02. The zero-order valence-corrected chi connectivity index (χ0v) is 9.27. The minimum absolute atomic E-state index is 0.217. The third-order valence-electron chi connectivity index (χ3n) is 1.97. The third kappa shape index (κ3) is 4.41. The minimum Gasteiger partial charge on any atom is -0.404 e. The molecule has 0 atom stereocenters. The van der Waals surface area contributed by atoms with E-state index in [-0.39, 0.29) is 5.88 Å². The van der Waals surface area contributed by atoms with Crippen molar-refractivity contribution in [2.45, 2.75) is 19.9 Å². The average Bonchev–Trinajstić information content (AvgIpc) is 2.72. The summed E-state index contributed by atoms with van der Waals surface area (Å²) in [6, 6.07) is 2.96. The van der Waals surface area contributed by atoms with E-state index in [1.165, 1.54) is 6.07 Å². The molecule has 0 saturated carbocycles. The standard InChI is InChI=1S/C10H16N2O4/c1-2-15-7-3-6-11-8-9-4-5-10(16-9)12(13)14/h4-5,11H,2-3,6-8H2,1H3. The maximum atomic E-state index is 10.3. The minimum atomic E-state index is -0.543. The zero-order valence-electron chi connectivity index (χ0n) is 9.27. The number of nitrogens with one attached hydrogen (secondary N) is 1. The van der Waals surface area contributed by atoms with Crippen molar-refractivity contribution in [1.82, 2.24) is 5.32 Å². The number of hydrogen-bond donors (Lipinski definition) is 1. The van der Waals surface area contributed by atoms with E-state index in [1.54, 1.807) is 6.07 Å². The largest absolute Gasteiger partial charge is 0.433 e. The van der Waals surface area contributed by atoms with E-state index in [1.807, 2.05) is 6.92 Å². The maximum Gasteiger partial charge on any atom is 0.433 e. The van der Waals surface area contributed by atoms with E-state index in [0.29, 0.717) is 12.3 Å². The van der Waals surface area contributed by atoms with Crippen molar-refractivity contribution >= 4 is 5.88 Å². The van der Waals surface area contributed by atoms with Crippen LogP contribution in [0.25, 0.3) is 0 Å². The fourth-order valence-corrected chi connectivity index (χ4v) is 1.21. The summed E-state index contributed by atoms with van der Waals surface area (Å²) in [7, 11) is 0. The summed E-state index contributed by atoms with van der Waals surface area (Å²) < 4.78 is 10.1. The van der Waals surface area contributed by atoms with Gasteiger partial charge in [-0.2, -0.15) is 0 Å². The van der Waals surface area contributed by atoms with Gasteiger partial charge in [-0.25, -0.2) is 0 Å². The lowest BCUT2D eigenvalue weighted by Crippen LogP contribution is -2.15. The van der Waals surface area contributed by atoms with Crippen molar-refractivity contribution in [2.24, 2.45) is 0 Å². The topological polar surface area (TPSA) is 77.5 Å². The summed E-state index contributed by atoms with van der Waals surface area (Å²) in [6.45, 7) is 4.70. The van der Waals surface area contributed by atoms with Crippen molar-refractivity contribution in [1.29, 1.82) is 0 Å². The van der Waals surface area contributed by atoms with Gasteiger partial charge in [0.15, 0.2) is 0 Å². The number of nitrogens with zero attached hydrogens (tertiary/aromatic N) is 1. The molecule has 0 bridgehead atoms. The van der Waals surface area contributed by atoms with Crippen LogP contribution < -0.4 is 5.32 Å². The Bertz CT molecular complexity index is 324. The SMILES string of the molecule is CCOCCCNCc1ccc([N+](=O)[O-])o1. The summed E-state index contributed by atoms with van der Waals surface area (Å²) in [5.41, 5.74) is 0. The highest BCUT2D eigenvalue weighted by molar-refractivity contribution is 5.17. The summed E-state index contributed by atoms with van der Waals surface area (Å²) in [6.07, 6.45) is 0.913. The molecule has 0 amide bonds. The Labute approximate surface area is 93.7 Å². The van der Waals surface area contributed by atoms with Gasteiger partial charge < -0.3 is 14.5 Å². The number of nitro groups is 1. The summed E-state index contributed by atoms with van der Waals surface area (Å²) in [5.74, 6) is 0.356. The van der Waals surface area contributed by atoms with Gasteiger partial charge in [0.2, 0.25) is 0 Å². The van der Waals surface area contributed by atoms with Crippen LogP contribution in [-0.2, 0) is 11.3 Å². The Balaban J connectivity index is 2.14. The van der Waals surface area contributed by atoms with Gasteiger partial charge in [-0.1, -0.05) is 0 Å². The molecular formula is C10H16N2O4. The molecule has 0 radical (unpaired) electrons. The van der Waals surface area contributed by atoms with Gasteiger partial charge in [-0.05, 0) is 26.0 Å². The first-order valence-corrected chi connectivity index (χ1v) is 5.25. The molecular weight excluding hydrogens is 212 g/mol. The van der Waals surface area contributed by atoms with Crippen LogP contribution >= 0.6 is 0 Å². The molecule has 0 aliphatic carbocycles. The second-order valence-electron chi connectivity index (χ2n) is 3.22. The van der Waals surface area contributed by atoms with Crippen LogP contribution in [0.3, 0.4) is 0 Å². The zero-order chi connectivity index (χ0) is 11.8. The summed E-state index contributed by atoms with van der Waals surface area (Å²) in [4.78, 5) is 9.79. The highest BCUT2D eigenvalue weighted by Gasteiger charge is 2.10. The normalized spacial score (nSPS) is 10.6. The lowest BCUT2D eigenvalue weighted by atomic mass is 10.4. The van der Waals surface area contributed by atoms with Crippen LogP contribution in [0.1, 0.15) is 19.1 Å². The highest BCUT2D eigenvalue weighted by atomic mass is 16.6. The molecule has 1 heterocycles. The van der Waals surface area contributed by atoms with Gasteiger partial charge in [0.25, 0.3) is 0 Å². The molecule has 1 rings (SSSR count). The van der Waals surface area contributed by atoms with Gasteiger partial charge in [0.1, 0.15) is 10.7 Å². The Morgan fingerprint density at radius 2 is 2.38 bits per heavy atom. The van der Waals surface area contributed by atoms with E-state index < -0.39 is 4.92 Å². The van der Waals surface area contributed by atoms with Gasteiger partial charge >= 0.3 is 5.88 Å². The molecule has 0 aliphatic heterocycles. The molecule has 1 aromatic heterocycles. The van der Waals surface area contributed by atoms with Crippen molar-refractivity contribution in [2.75, 3.05) is 19.8 Å². The molecule has 0 fully saturated rings. The summed E-state index contributed by atoms with van der Waals surface area (Å²) >= 11 is 0. The van der Waals surface area contributed by atoms with E-state index in [9.17, 15) is 10.1 Å². The first kappa shape index (κ1) is 12.7. The molecule has 6 heteroatoms. The Morgan fingerprint density at radius 1 is 1.56 bits per heavy atom. The molecule has 6 nitrogen and oxygen atoms in total. The maximum absolute atomic E-state index is 10.3. The van der Waals surface area contributed by atoms with E-state index in [0.717, 1.165) is 26.2 Å². The van der Waals surface area contributed by atoms with Gasteiger partial charge in [-0.3, -0.25) is 10.1 Å². The molecule has 0 unspecified atom stereocenters. The van der Waals surface area contributed by atoms with Crippen LogP contribution in [0.5, 0.6) is 0 Å². The molecule has 1 aromatic rings. The fourth-order valence-electron chi connectivity index (χ4n) is 1.21. The van der Waals surface area contributed by atoms with Crippen LogP contribution in [0.2, 0.25) is 0 Å². The van der Waals surface area contributed by atoms with Crippen molar-refractivity contribution in [3.05, 3.63) is 28.0 Å². The Hall–Kier alpha value is -1.40. The van der Waals surface area contributed by atoms with Crippen LogP contribution in [-0.4, -0.2) is 24.7 Å². The van der Waals surface area contributed by atoms with Gasteiger partial charge in [-0.15, -0.1) is 0 Å². The molecule has 90 valence electrons. The number of rotatable bonds is 8. The molecule has 0 spiro atoms. The smallest absolute Gasteiger partial charge is 0.404 e. The van der Waals surface area contributed by atoms with Crippen molar-refractivity contribution in [3.63, 3.8) is 0 Å². The molecule has 0 aromatic carbocycles. The van der Waals surface area contributed by atoms with E-state index in [4.69, 9.17) is 9.15 Å². The van der Waals surface area contributed by atoms with Crippen molar-refractivity contribution in [3.8, 4) is 0 Å². The molecule has 0 saturated heterocycles. The number of hydrogen-bond acceptors (Lipinski definition) is 5. The van der Waals surface area contributed by atoms with Gasteiger partial charge in [0, 0.05) is 13.2 Å². The molecule has 1 N–H and O–H groups in total.